The Morgan fingerprint density at radius 1 is 1.33 bits per heavy atom. The maximum absolute atomic E-state index is 5.76. The molecule has 0 radical (unpaired) electrons. The molecule has 0 aromatic rings. The largest absolute Gasteiger partial charge is 0.379 e. The fourth-order valence-corrected chi connectivity index (χ4v) is 2.65. The molecule has 2 aliphatic rings. The minimum atomic E-state index is 0.494. The number of ether oxygens (including phenoxy) is 2. The summed E-state index contributed by atoms with van der Waals surface area (Å²) < 4.78 is 11.2. The van der Waals surface area contributed by atoms with Crippen LogP contribution in [0.3, 0.4) is 0 Å². The Morgan fingerprint density at radius 3 is 3.13 bits per heavy atom. The van der Waals surface area contributed by atoms with Crippen molar-refractivity contribution < 1.29 is 9.47 Å². The Balaban J connectivity index is 1.71. The number of nitrogens with two attached hydrogens (primary N) is 1. The molecule has 2 atom stereocenters. The van der Waals surface area contributed by atoms with Crippen molar-refractivity contribution >= 4 is 0 Å². The molecule has 1 heterocycles. The molecule has 88 valence electrons. The van der Waals surface area contributed by atoms with E-state index in [1.165, 1.54) is 19.3 Å². The molecule has 1 aliphatic heterocycles. The van der Waals surface area contributed by atoms with E-state index in [-0.39, 0.29) is 0 Å². The summed E-state index contributed by atoms with van der Waals surface area (Å²) in [5, 5.41) is 0. The van der Waals surface area contributed by atoms with Crippen LogP contribution < -0.4 is 5.73 Å². The third kappa shape index (κ3) is 2.91. The molecule has 4 nitrogen and oxygen atoms in total. The molecule has 0 amide bonds. The Kier molecular flexibility index (Phi) is 4.38. The molecule has 1 saturated heterocycles. The molecule has 0 aromatic heterocycles. The van der Waals surface area contributed by atoms with Gasteiger partial charge in [-0.2, -0.15) is 0 Å². The summed E-state index contributed by atoms with van der Waals surface area (Å²) in [7, 11) is 0. The van der Waals surface area contributed by atoms with Gasteiger partial charge in [0.25, 0.3) is 0 Å². The minimum Gasteiger partial charge on any atom is -0.379 e. The van der Waals surface area contributed by atoms with E-state index in [1.54, 1.807) is 0 Å². The lowest BCUT2D eigenvalue weighted by Crippen LogP contribution is -2.49. The van der Waals surface area contributed by atoms with Crippen LogP contribution in [0.25, 0.3) is 0 Å². The van der Waals surface area contributed by atoms with Gasteiger partial charge in [-0.25, -0.2) is 0 Å². The van der Waals surface area contributed by atoms with Crippen molar-refractivity contribution in [3.63, 3.8) is 0 Å². The van der Waals surface area contributed by atoms with E-state index >= 15 is 0 Å². The SMILES string of the molecule is NCCOCCN1CCOC2CCCC21. The average molecular weight is 214 g/mol. The molecule has 2 N–H and O–H groups in total. The van der Waals surface area contributed by atoms with Gasteiger partial charge in [0.05, 0.1) is 25.9 Å². The Hall–Kier alpha value is -0.160. The summed E-state index contributed by atoms with van der Waals surface area (Å²) in [6, 6.07) is 0.653. The lowest BCUT2D eigenvalue weighted by atomic mass is 10.1. The van der Waals surface area contributed by atoms with Gasteiger partial charge in [0.1, 0.15) is 0 Å². The second kappa shape index (κ2) is 5.80. The summed E-state index contributed by atoms with van der Waals surface area (Å²) in [6.45, 7) is 5.09. The van der Waals surface area contributed by atoms with Gasteiger partial charge in [-0.05, 0) is 19.3 Å². The van der Waals surface area contributed by atoms with Gasteiger partial charge < -0.3 is 15.2 Å². The third-order valence-corrected chi connectivity index (χ3v) is 3.38. The van der Waals surface area contributed by atoms with E-state index in [0.29, 0.717) is 25.3 Å². The standard InChI is InChI=1S/C11H22N2O2/c12-4-7-14-8-5-13-6-9-15-11-3-1-2-10(11)13/h10-11H,1-9,12H2. The van der Waals surface area contributed by atoms with Crippen molar-refractivity contribution in [3.8, 4) is 0 Å². The van der Waals surface area contributed by atoms with Crippen LogP contribution in [0.1, 0.15) is 19.3 Å². The number of morpholine rings is 1. The van der Waals surface area contributed by atoms with E-state index in [9.17, 15) is 0 Å². The molecule has 2 fully saturated rings. The first kappa shape index (κ1) is 11.3. The summed E-state index contributed by atoms with van der Waals surface area (Å²) in [5.41, 5.74) is 5.37. The van der Waals surface area contributed by atoms with E-state index in [0.717, 1.165) is 26.3 Å². The number of hydrogen-bond acceptors (Lipinski definition) is 4. The van der Waals surface area contributed by atoms with Crippen LogP contribution in [0.2, 0.25) is 0 Å². The number of fused-ring (bicyclic) bond motifs is 1. The van der Waals surface area contributed by atoms with Crippen LogP contribution in [-0.2, 0) is 9.47 Å². The predicted molar refractivity (Wildman–Crippen MR) is 58.8 cm³/mol. The molecule has 1 aliphatic carbocycles. The van der Waals surface area contributed by atoms with Crippen LogP contribution in [0.5, 0.6) is 0 Å². The van der Waals surface area contributed by atoms with Gasteiger partial charge in [-0.3, -0.25) is 4.90 Å². The highest BCUT2D eigenvalue weighted by Crippen LogP contribution is 2.29. The smallest absolute Gasteiger partial charge is 0.0730 e. The highest BCUT2D eigenvalue weighted by Gasteiger charge is 2.35. The highest BCUT2D eigenvalue weighted by molar-refractivity contribution is 4.89. The average Bonchev–Trinajstić information content (AvgIpc) is 2.73. The van der Waals surface area contributed by atoms with Crippen molar-refractivity contribution in [3.05, 3.63) is 0 Å². The highest BCUT2D eigenvalue weighted by atomic mass is 16.5. The van der Waals surface area contributed by atoms with Crippen LogP contribution in [0, 0.1) is 0 Å². The zero-order chi connectivity index (χ0) is 10.5. The van der Waals surface area contributed by atoms with Crippen molar-refractivity contribution in [2.45, 2.75) is 31.4 Å². The van der Waals surface area contributed by atoms with Gasteiger partial charge in [-0.15, -0.1) is 0 Å². The van der Waals surface area contributed by atoms with Crippen molar-refractivity contribution in [1.29, 1.82) is 0 Å². The second-order valence-corrected chi connectivity index (χ2v) is 4.34. The zero-order valence-corrected chi connectivity index (χ0v) is 9.36. The maximum Gasteiger partial charge on any atom is 0.0730 e. The van der Waals surface area contributed by atoms with Gasteiger partial charge in [0.15, 0.2) is 0 Å². The van der Waals surface area contributed by atoms with Gasteiger partial charge in [0.2, 0.25) is 0 Å². The van der Waals surface area contributed by atoms with E-state index in [2.05, 4.69) is 4.90 Å². The molecule has 0 aromatic carbocycles. The molecular weight excluding hydrogens is 192 g/mol. The van der Waals surface area contributed by atoms with Crippen LogP contribution in [0.15, 0.2) is 0 Å². The molecule has 4 heteroatoms. The van der Waals surface area contributed by atoms with Gasteiger partial charge in [0, 0.05) is 25.7 Å². The van der Waals surface area contributed by atoms with E-state index in [4.69, 9.17) is 15.2 Å². The minimum absolute atomic E-state index is 0.494. The van der Waals surface area contributed by atoms with E-state index in [1.807, 2.05) is 0 Å². The number of rotatable bonds is 5. The zero-order valence-electron chi connectivity index (χ0n) is 9.36. The van der Waals surface area contributed by atoms with Crippen molar-refractivity contribution in [2.75, 3.05) is 39.5 Å². The molecule has 2 rings (SSSR count). The molecule has 0 spiro atoms. The number of hydrogen-bond donors (Lipinski definition) is 1. The fraction of sp³-hybridized carbons (Fsp3) is 1.00. The lowest BCUT2D eigenvalue weighted by molar-refractivity contribution is -0.0623. The molecule has 2 unspecified atom stereocenters. The Morgan fingerprint density at radius 2 is 2.27 bits per heavy atom. The van der Waals surface area contributed by atoms with Crippen molar-refractivity contribution in [2.24, 2.45) is 5.73 Å². The van der Waals surface area contributed by atoms with E-state index < -0.39 is 0 Å². The Bertz CT molecular complexity index is 189. The van der Waals surface area contributed by atoms with Crippen molar-refractivity contribution in [1.82, 2.24) is 4.90 Å². The summed E-state index contributed by atoms with van der Waals surface area (Å²) in [6.07, 6.45) is 4.34. The topological polar surface area (TPSA) is 47.7 Å². The quantitative estimate of drug-likeness (QED) is 0.665. The monoisotopic (exact) mass is 214 g/mol. The predicted octanol–water partition coefficient (Wildman–Crippen LogP) is 0.215. The third-order valence-electron chi connectivity index (χ3n) is 3.38. The first-order chi connectivity index (χ1) is 7.42. The molecule has 15 heavy (non-hydrogen) atoms. The van der Waals surface area contributed by atoms with Gasteiger partial charge in [-0.1, -0.05) is 0 Å². The van der Waals surface area contributed by atoms with Crippen LogP contribution in [-0.4, -0.2) is 56.5 Å². The Labute approximate surface area is 91.7 Å². The molecule has 0 bridgehead atoms. The summed E-state index contributed by atoms with van der Waals surface area (Å²) in [4.78, 5) is 2.53. The summed E-state index contributed by atoms with van der Waals surface area (Å²) >= 11 is 0. The normalized spacial score (nSPS) is 31.8. The maximum atomic E-state index is 5.76. The number of nitrogens with zero attached hydrogens (tertiary/aromatic N) is 1. The van der Waals surface area contributed by atoms with Crippen LogP contribution >= 0.6 is 0 Å². The molecule has 1 saturated carbocycles. The first-order valence-corrected chi connectivity index (χ1v) is 6.05. The van der Waals surface area contributed by atoms with Gasteiger partial charge >= 0.3 is 0 Å². The lowest BCUT2D eigenvalue weighted by Gasteiger charge is -2.37. The van der Waals surface area contributed by atoms with Crippen LogP contribution in [0.4, 0.5) is 0 Å². The molecular formula is C11H22N2O2. The summed E-state index contributed by atoms with van der Waals surface area (Å²) in [5.74, 6) is 0. The second-order valence-electron chi connectivity index (χ2n) is 4.34. The first-order valence-electron chi connectivity index (χ1n) is 6.05. The fourth-order valence-electron chi connectivity index (χ4n) is 2.65.